The van der Waals surface area contributed by atoms with Gasteiger partial charge in [0, 0.05) is 18.5 Å². The predicted octanol–water partition coefficient (Wildman–Crippen LogP) is 3.84. The summed E-state index contributed by atoms with van der Waals surface area (Å²) in [5.74, 6) is 0.0782. The molecule has 4 heteroatoms. The highest BCUT2D eigenvalue weighted by atomic mass is 19.1. The van der Waals surface area contributed by atoms with Crippen molar-refractivity contribution in [2.75, 3.05) is 19.6 Å². The van der Waals surface area contributed by atoms with Crippen molar-refractivity contribution < 1.29 is 14.3 Å². The molecule has 2 aromatic carbocycles. The van der Waals surface area contributed by atoms with Gasteiger partial charge >= 0.3 is 0 Å². The maximum atomic E-state index is 13.0. The summed E-state index contributed by atoms with van der Waals surface area (Å²) >= 11 is 0. The fraction of sp³-hybridized carbons (Fsp3) is 0.381. The molecule has 0 aromatic heterocycles. The second-order valence-corrected chi connectivity index (χ2v) is 6.71. The Kier molecular flexibility index (Phi) is 5.95. The number of nitrogens with zero attached hydrogens (tertiary/aromatic N) is 1. The van der Waals surface area contributed by atoms with Gasteiger partial charge in [0.05, 0.1) is 6.10 Å². The van der Waals surface area contributed by atoms with Crippen LogP contribution in [0.4, 0.5) is 4.39 Å². The lowest BCUT2D eigenvalue weighted by Gasteiger charge is -2.34. The van der Waals surface area contributed by atoms with E-state index in [1.165, 1.54) is 12.1 Å². The summed E-state index contributed by atoms with van der Waals surface area (Å²) in [5, 5.41) is 10.5. The topological polar surface area (TPSA) is 40.5 Å². The summed E-state index contributed by atoms with van der Waals surface area (Å²) in [6.07, 6.45) is 1.75. The van der Waals surface area contributed by atoms with E-state index in [0.717, 1.165) is 43.6 Å². The number of ketones is 1. The van der Waals surface area contributed by atoms with Crippen LogP contribution in [0.5, 0.6) is 0 Å². The molecule has 25 heavy (non-hydrogen) atoms. The van der Waals surface area contributed by atoms with Gasteiger partial charge in [-0.15, -0.1) is 0 Å². The van der Waals surface area contributed by atoms with Crippen molar-refractivity contribution in [1.82, 2.24) is 4.90 Å². The smallest absolute Gasteiger partial charge is 0.164 e. The van der Waals surface area contributed by atoms with Gasteiger partial charge < -0.3 is 10.0 Å². The monoisotopic (exact) mass is 341 g/mol. The van der Waals surface area contributed by atoms with Crippen LogP contribution in [0.3, 0.4) is 0 Å². The van der Waals surface area contributed by atoms with Crippen LogP contribution in [-0.4, -0.2) is 35.4 Å². The van der Waals surface area contributed by atoms with E-state index in [1.807, 2.05) is 30.3 Å². The third kappa shape index (κ3) is 4.74. The molecule has 0 aliphatic carbocycles. The van der Waals surface area contributed by atoms with Crippen LogP contribution < -0.4 is 0 Å². The lowest BCUT2D eigenvalue weighted by molar-refractivity contribution is 0.0575. The zero-order chi connectivity index (χ0) is 17.6. The van der Waals surface area contributed by atoms with Crippen LogP contribution >= 0.6 is 0 Å². The van der Waals surface area contributed by atoms with E-state index >= 15 is 0 Å². The van der Waals surface area contributed by atoms with Crippen molar-refractivity contribution >= 4 is 5.78 Å². The summed E-state index contributed by atoms with van der Waals surface area (Å²) < 4.78 is 13.0. The number of Topliss-reactive ketones (excluding diaryl/α,β-unsaturated/α-hetero) is 1. The second-order valence-electron chi connectivity index (χ2n) is 6.71. The Balaban J connectivity index is 1.45. The molecule has 1 unspecified atom stereocenters. The SMILES string of the molecule is O=C(CCN1CCC(C(O)c2ccc(F)cc2)CC1)c1ccccc1. The molecule has 0 radical (unpaired) electrons. The molecule has 3 nitrogen and oxygen atoms in total. The molecular weight excluding hydrogens is 317 g/mol. The molecule has 0 amide bonds. The van der Waals surface area contributed by atoms with E-state index in [2.05, 4.69) is 4.90 Å². The van der Waals surface area contributed by atoms with Gasteiger partial charge in [0.15, 0.2) is 5.78 Å². The van der Waals surface area contributed by atoms with Gasteiger partial charge in [-0.05, 0) is 49.5 Å². The maximum Gasteiger partial charge on any atom is 0.164 e. The highest BCUT2D eigenvalue weighted by molar-refractivity contribution is 5.96. The van der Waals surface area contributed by atoms with E-state index in [1.54, 1.807) is 12.1 Å². The molecule has 132 valence electrons. The summed E-state index contributed by atoms with van der Waals surface area (Å²) in [7, 11) is 0. The highest BCUT2D eigenvalue weighted by Crippen LogP contribution is 2.30. The van der Waals surface area contributed by atoms with Crippen molar-refractivity contribution in [3.8, 4) is 0 Å². The Hall–Kier alpha value is -2.04. The molecule has 1 aliphatic heterocycles. The Morgan fingerprint density at radius 2 is 1.72 bits per heavy atom. The molecule has 0 spiro atoms. The lowest BCUT2D eigenvalue weighted by atomic mass is 9.87. The van der Waals surface area contributed by atoms with E-state index in [4.69, 9.17) is 0 Å². The first-order valence-corrected chi connectivity index (χ1v) is 8.87. The maximum absolute atomic E-state index is 13.0. The Labute approximate surface area is 148 Å². The normalized spacial score (nSPS) is 17.4. The van der Waals surface area contributed by atoms with Crippen molar-refractivity contribution in [2.24, 2.45) is 5.92 Å². The summed E-state index contributed by atoms with van der Waals surface area (Å²) in [6.45, 7) is 2.52. The average Bonchev–Trinajstić information content (AvgIpc) is 2.67. The highest BCUT2D eigenvalue weighted by Gasteiger charge is 2.26. The first kappa shape index (κ1) is 17.8. The molecule has 1 aliphatic rings. The third-order valence-electron chi connectivity index (χ3n) is 5.04. The molecule has 1 N–H and O–H groups in total. The number of aliphatic hydroxyl groups is 1. The predicted molar refractivity (Wildman–Crippen MR) is 95.9 cm³/mol. The summed E-state index contributed by atoms with van der Waals surface area (Å²) in [4.78, 5) is 14.5. The molecule has 3 rings (SSSR count). The fourth-order valence-corrected chi connectivity index (χ4v) is 3.45. The molecule has 1 saturated heterocycles. The van der Waals surface area contributed by atoms with E-state index in [-0.39, 0.29) is 17.5 Å². The fourth-order valence-electron chi connectivity index (χ4n) is 3.45. The lowest BCUT2D eigenvalue weighted by Crippen LogP contribution is -2.36. The average molecular weight is 341 g/mol. The molecular formula is C21H24FNO2. The van der Waals surface area contributed by atoms with Gasteiger partial charge in [-0.1, -0.05) is 42.5 Å². The minimum absolute atomic E-state index is 0.175. The number of rotatable bonds is 6. The first-order chi connectivity index (χ1) is 12.1. The zero-order valence-corrected chi connectivity index (χ0v) is 14.3. The molecule has 2 aromatic rings. The number of carbonyl (C=O) groups is 1. The Morgan fingerprint density at radius 1 is 1.08 bits per heavy atom. The van der Waals surface area contributed by atoms with E-state index < -0.39 is 6.10 Å². The van der Waals surface area contributed by atoms with Gasteiger partial charge in [0.1, 0.15) is 5.82 Å². The zero-order valence-electron chi connectivity index (χ0n) is 14.3. The van der Waals surface area contributed by atoms with Crippen LogP contribution in [0.1, 0.15) is 41.3 Å². The van der Waals surface area contributed by atoms with Crippen LogP contribution in [0, 0.1) is 11.7 Å². The molecule has 1 fully saturated rings. The Bertz CT molecular complexity index is 679. The minimum atomic E-state index is -0.547. The number of piperidine rings is 1. The third-order valence-corrected chi connectivity index (χ3v) is 5.04. The van der Waals surface area contributed by atoms with Crippen LogP contribution in [0.15, 0.2) is 54.6 Å². The molecule has 0 saturated carbocycles. The number of benzene rings is 2. The van der Waals surface area contributed by atoms with Gasteiger partial charge in [0.2, 0.25) is 0 Å². The van der Waals surface area contributed by atoms with Gasteiger partial charge in [-0.2, -0.15) is 0 Å². The number of aliphatic hydroxyl groups excluding tert-OH is 1. The number of halogens is 1. The van der Waals surface area contributed by atoms with Gasteiger partial charge in [0.25, 0.3) is 0 Å². The summed E-state index contributed by atoms with van der Waals surface area (Å²) in [6, 6.07) is 15.5. The minimum Gasteiger partial charge on any atom is -0.388 e. The quantitative estimate of drug-likeness (QED) is 0.812. The van der Waals surface area contributed by atoms with Crippen LogP contribution in [0.2, 0.25) is 0 Å². The Morgan fingerprint density at radius 3 is 2.36 bits per heavy atom. The number of hydrogen-bond acceptors (Lipinski definition) is 3. The van der Waals surface area contributed by atoms with E-state index in [9.17, 15) is 14.3 Å². The van der Waals surface area contributed by atoms with E-state index in [0.29, 0.717) is 6.42 Å². The number of carbonyl (C=O) groups excluding carboxylic acids is 1. The molecule has 1 atom stereocenters. The number of likely N-dealkylation sites (tertiary alicyclic amines) is 1. The van der Waals surface area contributed by atoms with Crippen molar-refractivity contribution in [3.63, 3.8) is 0 Å². The molecule has 1 heterocycles. The standard InChI is InChI=1S/C21H24FNO2/c22-19-8-6-17(7-9-19)21(25)18-10-13-23(14-11-18)15-12-20(24)16-4-2-1-3-5-16/h1-9,18,21,25H,10-15H2. The summed E-state index contributed by atoms with van der Waals surface area (Å²) in [5.41, 5.74) is 1.54. The van der Waals surface area contributed by atoms with Crippen LogP contribution in [0.25, 0.3) is 0 Å². The first-order valence-electron chi connectivity index (χ1n) is 8.87. The second kappa shape index (κ2) is 8.37. The van der Waals surface area contributed by atoms with Crippen LogP contribution in [-0.2, 0) is 0 Å². The molecule has 0 bridgehead atoms. The van der Waals surface area contributed by atoms with Gasteiger partial charge in [-0.3, -0.25) is 4.79 Å². The van der Waals surface area contributed by atoms with Crippen molar-refractivity contribution in [1.29, 1.82) is 0 Å². The van der Waals surface area contributed by atoms with Gasteiger partial charge in [-0.25, -0.2) is 4.39 Å². The largest absolute Gasteiger partial charge is 0.388 e. The number of hydrogen-bond donors (Lipinski definition) is 1. The van der Waals surface area contributed by atoms with Crippen molar-refractivity contribution in [3.05, 3.63) is 71.5 Å². The van der Waals surface area contributed by atoms with Crippen molar-refractivity contribution in [2.45, 2.75) is 25.4 Å².